The van der Waals surface area contributed by atoms with E-state index in [1.54, 1.807) is 6.08 Å². The monoisotopic (exact) mass is 291 g/mol. The van der Waals surface area contributed by atoms with Crippen LogP contribution in [0.2, 0.25) is 0 Å². The van der Waals surface area contributed by atoms with Gasteiger partial charge < -0.3 is 9.88 Å². The highest BCUT2D eigenvalue weighted by molar-refractivity contribution is 5.91. The van der Waals surface area contributed by atoms with Crippen molar-refractivity contribution in [2.75, 3.05) is 0 Å². The predicted molar refractivity (Wildman–Crippen MR) is 88.0 cm³/mol. The quantitative estimate of drug-likeness (QED) is 0.751. The number of nitrogens with zero attached hydrogens (tertiary/aromatic N) is 2. The Balaban J connectivity index is 1.65. The van der Waals surface area contributed by atoms with E-state index >= 15 is 0 Å². The Morgan fingerprint density at radius 2 is 1.86 bits per heavy atom. The van der Waals surface area contributed by atoms with Crippen LogP contribution >= 0.6 is 0 Å². The van der Waals surface area contributed by atoms with Crippen molar-refractivity contribution in [2.45, 2.75) is 6.54 Å². The Morgan fingerprint density at radius 3 is 2.64 bits per heavy atom. The van der Waals surface area contributed by atoms with E-state index in [0.717, 1.165) is 22.4 Å². The second-order valence-electron chi connectivity index (χ2n) is 5.04. The summed E-state index contributed by atoms with van der Waals surface area (Å²) >= 11 is 0. The summed E-state index contributed by atoms with van der Waals surface area (Å²) in [5.74, 6) is 0.707. The summed E-state index contributed by atoms with van der Waals surface area (Å²) in [5, 5.41) is 2.86. The van der Waals surface area contributed by atoms with Gasteiger partial charge in [-0.3, -0.25) is 4.79 Å². The van der Waals surface area contributed by atoms with Crippen molar-refractivity contribution in [3.8, 4) is 0 Å². The lowest BCUT2D eigenvalue weighted by Gasteiger charge is -2.03. The number of amides is 1. The molecule has 0 saturated heterocycles. The zero-order valence-electron chi connectivity index (χ0n) is 12.4. The van der Waals surface area contributed by atoms with Crippen molar-refractivity contribution in [3.05, 3.63) is 72.1 Å². The number of hydrogen-bond donors (Lipinski definition) is 1. The summed E-state index contributed by atoms with van der Waals surface area (Å²) in [7, 11) is 1.95. The second kappa shape index (κ2) is 6.26. The van der Waals surface area contributed by atoms with Gasteiger partial charge in [0.15, 0.2) is 0 Å². The normalized spacial score (nSPS) is 11.1. The van der Waals surface area contributed by atoms with E-state index in [2.05, 4.69) is 10.3 Å². The highest BCUT2D eigenvalue weighted by Crippen LogP contribution is 2.13. The number of fused-ring (bicyclic) bond motifs is 1. The maximum atomic E-state index is 11.9. The molecular weight excluding hydrogens is 274 g/mol. The van der Waals surface area contributed by atoms with Gasteiger partial charge in [-0.25, -0.2) is 4.98 Å². The van der Waals surface area contributed by atoms with Crippen molar-refractivity contribution < 1.29 is 4.79 Å². The smallest absolute Gasteiger partial charge is 0.244 e. The third-order valence-electron chi connectivity index (χ3n) is 3.53. The van der Waals surface area contributed by atoms with Crippen molar-refractivity contribution in [3.63, 3.8) is 0 Å². The van der Waals surface area contributed by atoms with Gasteiger partial charge in [0, 0.05) is 13.1 Å². The Labute approximate surface area is 129 Å². The van der Waals surface area contributed by atoms with E-state index in [1.165, 1.54) is 6.08 Å². The molecule has 0 aliphatic carbocycles. The molecule has 1 heterocycles. The van der Waals surface area contributed by atoms with E-state index in [9.17, 15) is 4.79 Å². The third kappa shape index (κ3) is 3.06. The lowest BCUT2D eigenvalue weighted by Crippen LogP contribution is -2.22. The summed E-state index contributed by atoms with van der Waals surface area (Å²) < 4.78 is 2.00. The van der Waals surface area contributed by atoms with Crippen LogP contribution in [0, 0.1) is 0 Å². The van der Waals surface area contributed by atoms with E-state index < -0.39 is 0 Å². The van der Waals surface area contributed by atoms with Gasteiger partial charge in [-0.05, 0) is 23.8 Å². The number of aryl methyl sites for hydroxylation is 1. The van der Waals surface area contributed by atoms with Crippen LogP contribution < -0.4 is 5.32 Å². The number of nitrogens with one attached hydrogen (secondary N) is 1. The van der Waals surface area contributed by atoms with E-state index in [0.29, 0.717) is 6.54 Å². The summed E-state index contributed by atoms with van der Waals surface area (Å²) in [6.45, 7) is 0.406. The van der Waals surface area contributed by atoms with Gasteiger partial charge in [-0.2, -0.15) is 0 Å². The third-order valence-corrected chi connectivity index (χ3v) is 3.53. The SMILES string of the molecule is Cn1c(CNC(=O)/C=C\c2ccccc2)nc2ccccc21. The van der Waals surface area contributed by atoms with Crippen molar-refractivity contribution in [2.24, 2.45) is 7.05 Å². The van der Waals surface area contributed by atoms with Gasteiger partial charge in [0.1, 0.15) is 5.82 Å². The van der Waals surface area contributed by atoms with Crippen LogP contribution in [0.15, 0.2) is 60.7 Å². The number of carbonyl (C=O) groups is 1. The molecule has 0 aliphatic heterocycles. The summed E-state index contributed by atoms with van der Waals surface area (Å²) in [5.41, 5.74) is 3.00. The minimum atomic E-state index is -0.129. The molecule has 4 nitrogen and oxygen atoms in total. The van der Waals surface area contributed by atoms with Crippen LogP contribution in [0.4, 0.5) is 0 Å². The van der Waals surface area contributed by atoms with Crippen molar-refractivity contribution >= 4 is 23.0 Å². The molecule has 0 fully saturated rings. The van der Waals surface area contributed by atoms with E-state index in [1.807, 2.05) is 66.2 Å². The van der Waals surface area contributed by atoms with Gasteiger partial charge in [0.25, 0.3) is 0 Å². The number of imidazole rings is 1. The summed E-state index contributed by atoms with van der Waals surface area (Å²) in [6, 6.07) is 17.7. The minimum absolute atomic E-state index is 0.129. The van der Waals surface area contributed by atoms with Crippen molar-refractivity contribution in [1.82, 2.24) is 14.9 Å². The molecule has 3 aromatic rings. The van der Waals surface area contributed by atoms with E-state index in [4.69, 9.17) is 0 Å². The number of aromatic nitrogens is 2. The molecule has 0 bridgehead atoms. The second-order valence-corrected chi connectivity index (χ2v) is 5.04. The molecule has 2 aromatic carbocycles. The van der Waals surface area contributed by atoms with Crippen LogP contribution in [0.5, 0.6) is 0 Å². The maximum absolute atomic E-state index is 11.9. The highest BCUT2D eigenvalue weighted by Gasteiger charge is 2.07. The van der Waals surface area contributed by atoms with Gasteiger partial charge >= 0.3 is 0 Å². The molecule has 0 saturated carbocycles. The average Bonchev–Trinajstić information content (AvgIpc) is 2.88. The first-order valence-electron chi connectivity index (χ1n) is 7.15. The molecule has 0 aliphatic rings. The number of benzene rings is 2. The molecule has 110 valence electrons. The fourth-order valence-electron chi connectivity index (χ4n) is 2.31. The molecule has 1 N–H and O–H groups in total. The van der Waals surface area contributed by atoms with Gasteiger partial charge in [0.05, 0.1) is 17.6 Å². The molecule has 4 heteroatoms. The Hall–Kier alpha value is -2.88. The number of carbonyl (C=O) groups excluding carboxylic acids is 1. The van der Waals surface area contributed by atoms with Gasteiger partial charge in [-0.15, -0.1) is 0 Å². The number of para-hydroxylation sites is 2. The topological polar surface area (TPSA) is 46.9 Å². The zero-order valence-corrected chi connectivity index (χ0v) is 12.4. The zero-order chi connectivity index (χ0) is 15.4. The van der Waals surface area contributed by atoms with Gasteiger partial charge in [0.2, 0.25) is 5.91 Å². The first kappa shape index (κ1) is 14.1. The van der Waals surface area contributed by atoms with Crippen LogP contribution in [0.25, 0.3) is 17.1 Å². The summed E-state index contributed by atoms with van der Waals surface area (Å²) in [6.07, 6.45) is 3.34. The first-order chi connectivity index (χ1) is 10.7. The minimum Gasteiger partial charge on any atom is -0.345 e. The molecule has 1 amide bonds. The number of hydrogen-bond acceptors (Lipinski definition) is 2. The fourth-order valence-corrected chi connectivity index (χ4v) is 2.31. The Bertz CT molecular complexity index is 819. The fraction of sp³-hybridized carbons (Fsp3) is 0.111. The molecule has 3 rings (SSSR count). The maximum Gasteiger partial charge on any atom is 0.244 e. The summed E-state index contributed by atoms with van der Waals surface area (Å²) in [4.78, 5) is 16.4. The molecule has 0 radical (unpaired) electrons. The standard InChI is InChI=1S/C18H17N3O/c1-21-16-10-6-5-9-15(16)20-17(21)13-19-18(22)12-11-14-7-3-2-4-8-14/h2-12H,13H2,1H3,(H,19,22)/b12-11-. The lowest BCUT2D eigenvalue weighted by molar-refractivity contribution is -0.116. The molecule has 0 spiro atoms. The first-order valence-corrected chi connectivity index (χ1v) is 7.15. The van der Waals surface area contributed by atoms with Crippen LogP contribution in [-0.2, 0) is 18.4 Å². The van der Waals surface area contributed by atoms with Crippen LogP contribution in [0.3, 0.4) is 0 Å². The molecular formula is C18H17N3O. The molecule has 1 aromatic heterocycles. The lowest BCUT2D eigenvalue weighted by atomic mass is 10.2. The largest absolute Gasteiger partial charge is 0.345 e. The average molecular weight is 291 g/mol. The number of rotatable bonds is 4. The van der Waals surface area contributed by atoms with Crippen LogP contribution in [-0.4, -0.2) is 15.5 Å². The Kier molecular flexibility index (Phi) is 4.01. The van der Waals surface area contributed by atoms with Crippen molar-refractivity contribution in [1.29, 1.82) is 0 Å². The van der Waals surface area contributed by atoms with Gasteiger partial charge in [-0.1, -0.05) is 42.5 Å². The molecule has 22 heavy (non-hydrogen) atoms. The van der Waals surface area contributed by atoms with E-state index in [-0.39, 0.29) is 5.91 Å². The van der Waals surface area contributed by atoms with Crippen LogP contribution in [0.1, 0.15) is 11.4 Å². The molecule has 0 atom stereocenters. The highest BCUT2D eigenvalue weighted by atomic mass is 16.1. The Morgan fingerprint density at radius 1 is 1.14 bits per heavy atom. The predicted octanol–water partition coefficient (Wildman–Crippen LogP) is 2.90. The molecule has 0 unspecified atom stereocenters.